The van der Waals surface area contributed by atoms with E-state index in [1.165, 1.54) is 16.9 Å². The van der Waals surface area contributed by atoms with Gasteiger partial charge >= 0.3 is 15.6 Å². The molecule has 0 saturated heterocycles. The highest BCUT2D eigenvalue weighted by Crippen LogP contribution is 2.27. The van der Waals surface area contributed by atoms with Crippen LogP contribution in [0.1, 0.15) is 11.3 Å². The first-order valence-electron chi connectivity index (χ1n) is 9.52. The lowest BCUT2D eigenvalue weighted by atomic mass is 10.1. The van der Waals surface area contributed by atoms with Gasteiger partial charge in [0.2, 0.25) is 5.43 Å². The molecule has 0 fully saturated rings. The van der Waals surface area contributed by atoms with E-state index in [0.29, 0.717) is 16.8 Å². The molecule has 0 atom stereocenters. The summed E-state index contributed by atoms with van der Waals surface area (Å²) >= 11 is 0. The molecule has 4 rings (SSSR count). The van der Waals surface area contributed by atoms with E-state index in [1.54, 1.807) is 48.4 Å². The molecule has 0 amide bonds. The van der Waals surface area contributed by atoms with Crippen molar-refractivity contribution in [2.45, 2.75) is 11.9 Å². The van der Waals surface area contributed by atoms with Crippen molar-refractivity contribution < 1.29 is 25.8 Å². The molecule has 0 aliphatic heterocycles. The van der Waals surface area contributed by atoms with E-state index < -0.39 is 21.4 Å². The second kappa shape index (κ2) is 8.70. The van der Waals surface area contributed by atoms with Gasteiger partial charge in [-0.3, -0.25) is 9.48 Å². The lowest BCUT2D eigenvalue weighted by Crippen LogP contribution is -2.28. The maximum Gasteiger partial charge on any atom is 0.534 e. The van der Waals surface area contributed by atoms with Gasteiger partial charge in [0.1, 0.15) is 11.4 Å². The molecular formula is C20H15F3N6O4S. The molecule has 176 valence electrons. The maximum absolute atomic E-state index is 12.5. The van der Waals surface area contributed by atoms with Gasteiger partial charge in [0.25, 0.3) is 0 Å². The topological polar surface area (TPSA) is 122 Å². The molecule has 10 nitrogen and oxygen atoms in total. The largest absolute Gasteiger partial charge is 0.534 e. The summed E-state index contributed by atoms with van der Waals surface area (Å²) in [6.45, 7) is 0. The Morgan fingerprint density at radius 1 is 1.09 bits per heavy atom. The summed E-state index contributed by atoms with van der Waals surface area (Å²) in [4.78, 5) is 20.1. The Hall–Kier alpha value is -4.07. The highest BCUT2D eigenvalue weighted by atomic mass is 32.2. The van der Waals surface area contributed by atoms with Gasteiger partial charge in [0.15, 0.2) is 11.6 Å². The number of aromatic nitrogens is 6. The van der Waals surface area contributed by atoms with Crippen LogP contribution in [-0.4, -0.2) is 43.5 Å². The van der Waals surface area contributed by atoms with Crippen LogP contribution in [0.15, 0.2) is 66.1 Å². The van der Waals surface area contributed by atoms with Crippen molar-refractivity contribution in [3.8, 4) is 22.8 Å². The molecule has 0 unspecified atom stereocenters. The molecule has 0 aliphatic carbocycles. The lowest BCUT2D eigenvalue weighted by Gasteiger charge is -2.09. The van der Waals surface area contributed by atoms with Crippen molar-refractivity contribution in [3.05, 3.63) is 82.8 Å². The van der Waals surface area contributed by atoms with Crippen molar-refractivity contribution >= 4 is 10.1 Å². The summed E-state index contributed by atoms with van der Waals surface area (Å²) in [6.07, 6.45) is 6.72. The number of hydrogen-bond acceptors (Lipinski definition) is 8. The molecule has 0 aliphatic rings. The van der Waals surface area contributed by atoms with Crippen LogP contribution in [0.2, 0.25) is 0 Å². The molecule has 3 heterocycles. The fraction of sp³-hybridized carbons (Fsp3) is 0.150. The molecule has 34 heavy (non-hydrogen) atoms. The van der Waals surface area contributed by atoms with Gasteiger partial charge in [0, 0.05) is 31.3 Å². The number of halogens is 3. The van der Waals surface area contributed by atoms with Gasteiger partial charge in [0.05, 0.1) is 24.8 Å². The highest BCUT2D eigenvalue weighted by molar-refractivity contribution is 7.88. The van der Waals surface area contributed by atoms with Crippen LogP contribution in [0.4, 0.5) is 13.2 Å². The summed E-state index contributed by atoms with van der Waals surface area (Å²) < 4.78 is 66.7. The first-order valence-corrected chi connectivity index (χ1v) is 10.9. The molecule has 0 saturated carbocycles. The van der Waals surface area contributed by atoms with Crippen molar-refractivity contribution in [2.24, 2.45) is 7.05 Å². The molecule has 0 bridgehead atoms. The van der Waals surface area contributed by atoms with E-state index >= 15 is 0 Å². The number of nitrogens with zero attached hydrogens (tertiary/aromatic N) is 6. The average molecular weight is 492 g/mol. The molecule has 0 N–H and O–H groups in total. The van der Waals surface area contributed by atoms with Gasteiger partial charge in [-0.1, -0.05) is 18.2 Å². The number of hydrogen-bond donors (Lipinski definition) is 0. The third kappa shape index (κ3) is 4.96. The van der Waals surface area contributed by atoms with Crippen LogP contribution >= 0.6 is 0 Å². The monoisotopic (exact) mass is 492 g/mol. The SMILES string of the molecule is Cn1cc(-n2ccc(=O)c(Cc3cccc(-c4ncc(OS(=O)(=O)C(F)(F)F)cn4)c3)n2)cn1. The van der Waals surface area contributed by atoms with E-state index in [-0.39, 0.29) is 23.4 Å². The molecule has 4 aromatic rings. The number of rotatable bonds is 6. The molecule has 14 heteroatoms. The van der Waals surface area contributed by atoms with Gasteiger partial charge in [-0.15, -0.1) is 0 Å². The predicted octanol–water partition coefficient (Wildman–Crippen LogP) is 2.24. The summed E-state index contributed by atoms with van der Waals surface area (Å²) in [5.41, 5.74) is -3.66. The minimum absolute atomic E-state index is 0.118. The summed E-state index contributed by atoms with van der Waals surface area (Å²) in [7, 11) is -4.06. The first-order chi connectivity index (χ1) is 16.0. The Kier molecular flexibility index (Phi) is 5.91. The lowest BCUT2D eigenvalue weighted by molar-refractivity contribution is -0.0500. The Morgan fingerprint density at radius 3 is 2.47 bits per heavy atom. The predicted molar refractivity (Wildman–Crippen MR) is 112 cm³/mol. The van der Waals surface area contributed by atoms with Crippen LogP contribution in [0.3, 0.4) is 0 Å². The summed E-state index contributed by atoms with van der Waals surface area (Å²) in [5, 5.41) is 8.45. The Labute approximate surface area is 190 Å². The number of alkyl halides is 3. The van der Waals surface area contributed by atoms with Crippen LogP contribution in [0, 0.1) is 0 Å². The smallest absolute Gasteiger partial charge is 0.373 e. The molecule has 3 aromatic heterocycles. The van der Waals surface area contributed by atoms with E-state index in [4.69, 9.17) is 0 Å². The average Bonchev–Trinajstić information content (AvgIpc) is 3.21. The normalized spacial score (nSPS) is 12.0. The molecular weight excluding hydrogens is 477 g/mol. The Bertz CT molecular complexity index is 1500. The zero-order chi connectivity index (χ0) is 24.5. The van der Waals surface area contributed by atoms with E-state index in [0.717, 1.165) is 12.4 Å². The second-order valence-electron chi connectivity index (χ2n) is 7.05. The standard InChI is InChI=1S/C20H15F3N6O4S/c1-28-12-15(9-26-28)29-6-5-18(30)17(27-29)8-13-3-2-4-14(7-13)19-24-10-16(11-25-19)33-34(31,32)20(21,22)23/h2-7,9-12H,8H2,1H3. The van der Waals surface area contributed by atoms with Crippen molar-refractivity contribution in [1.82, 2.24) is 29.5 Å². The van der Waals surface area contributed by atoms with E-state index in [2.05, 4.69) is 24.3 Å². The molecule has 0 radical (unpaired) electrons. The van der Waals surface area contributed by atoms with Crippen molar-refractivity contribution in [1.29, 1.82) is 0 Å². The minimum atomic E-state index is -5.82. The van der Waals surface area contributed by atoms with Gasteiger partial charge < -0.3 is 4.18 Å². The zero-order valence-corrected chi connectivity index (χ0v) is 18.2. The summed E-state index contributed by atoms with van der Waals surface area (Å²) in [6, 6.07) is 8.19. The van der Waals surface area contributed by atoms with E-state index in [1.807, 2.05) is 0 Å². The van der Waals surface area contributed by atoms with Crippen LogP contribution in [0.25, 0.3) is 17.1 Å². The number of benzene rings is 1. The van der Waals surface area contributed by atoms with Crippen molar-refractivity contribution in [2.75, 3.05) is 0 Å². The Balaban J connectivity index is 1.56. The van der Waals surface area contributed by atoms with Gasteiger partial charge in [-0.25, -0.2) is 14.6 Å². The fourth-order valence-corrected chi connectivity index (χ4v) is 3.37. The zero-order valence-electron chi connectivity index (χ0n) is 17.3. The summed E-state index contributed by atoms with van der Waals surface area (Å²) in [5.74, 6) is -0.561. The van der Waals surface area contributed by atoms with E-state index in [9.17, 15) is 26.4 Å². The van der Waals surface area contributed by atoms with Gasteiger partial charge in [-0.2, -0.15) is 31.8 Å². The minimum Gasteiger partial charge on any atom is -0.373 e. The maximum atomic E-state index is 12.5. The molecule has 0 spiro atoms. The second-order valence-corrected chi connectivity index (χ2v) is 8.58. The highest BCUT2D eigenvalue weighted by Gasteiger charge is 2.48. The first kappa shape index (κ1) is 23.1. The van der Waals surface area contributed by atoms with Gasteiger partial charge in [-0.05, 0) is 11.6 Å². The molecule has 1 aromatic carbocycles. The van der Waals surface area contributed by atoms with Crippen LogP contribution < -0.4 is 9.61 Å². The fourth-order valence-electron chi connectivity index (χ4n) is 2.94. The quantitative estimate of drug-likeness (QED) is 0.297. The third-order valence-electron chi connectivity index (χ3n) is 4.51. The van der Waals surface area contributed by atoms with Crippen molar-refractivity contribution in [3.63, 3.8) is 0 Å². The third-order valence-corrected chi connectivity index (χ3v) is 5.49. The Morgan fingerprint density at radius 2 is 1.82 bits per heavy atom. The van der Waals surface area contributed by atoms with Crippen LogP contribution in [-0.2, 0) is 23.6 Å². The van der Waals surface area contributed by atoms with Crippen LogP contribution in [0.5, 0.6) is 5.75 Å². The number of aryl methyl sites for hydroxylation is 1.